The van der Waals surface area contributed by atoms with E-state index in [2.05, 4.69) is 34.6 Å². The number of hydrogen-bond acceptors (Lipinski definition) is 2. The van der Waals surface area contributed by atoms with Gasteiger partial charge in [0.2, 0.25) is 0 Å². The number of amides is 1. The number of H-pyrrole nitrogens is 1. The van der Waals surface area contributed by atoms with Gasteiger partial charge in [-0.05, 0) is 74.1 Å². The molecule has 1 amide bonds. The molecule has 1 aromatic heterocycles. The zero-order chi connectivity index (χ0) is 17.1. The molecular weight excluding hydrogens is 298 g/mol. The maximum atomic E-state index is 12.3. The summed E-state index contributed by atoms with van der Waals surface area (Å²) in [6.07, 6.45) is 10.1. The molecule has 1 saturated carbocycles. The number of nitrogens with one attached hydrogen (secondary N) is 2. The average molecular weight is 321 g/mol. The minimum absolute atomic E-state index is 0.0105. The minimum atomic E-state index is 0.0105. The maximum absolute atomic E-state index is 12.3. The number of aromatic nitrogens is 2. The summed E-state index contributed by atoms with van der Waals surface area (Å²) >= 11 is 0. The van der Waals surface area contributed by atoms with Gasteiger partial charge in [0.05, 0.1) is 11.9 Å². The van der Waals surface area contributed by atoms with Crippen LogP contribution in [0.15, 0.2) is 36.5 Å². The van der Waals surface area contributed by atoms with Crippen LogP contribution in [0.4, 0.5) is 0 Å². The van der Waals surface area contributed by atoms with Gasteiger partial charge in [-0.25, -0.2) is 0 Å². The molecule has 1 heterocycles. The van der Waals surface area contributed by atoms with Crippen LogP contribution in [0.5, 0.6) is 0 Å². The van der Waals surface area contributed by atoms with Gasteiger partial charge in [-0.2, -0.15) is 5.10 Å². The summed E-state index contributed by atoms with van der Waals surface area (Å²) in [4.78, 5) is 12.3. The molecule has 1 aliphatic rings. The van der Waals surface area contributed by atoms with E-state index < -0.39 is 0 Å². The van der Waals surface area contributed by atoms with Crippen molar-refractivity contribution in [2.24, 2.45) is 0 Å². The number of aryl methyl sites for hydroxylation is 2. The van der Waals surface area contributed by atoms with Gasteiger partial charge in [0.1, 0.15) is 0 Å². The predicted molar refractivity (Wildman–Crippen MR) is 97.7 cm³/mol. The van der Waals surface area contributed by atoms with Gasteiger partial charge in [-0.15, -0.1) is 0 Å². The Bertz CT molecular complexity index is 810. The van der Waals surface area contributed by atoms with Crippen molar-refractivity contribution in [3.63, 3.8) is 0 Å². The van der Waals surface area contributed by atoms with E-state index in [1.54, 1.807) is 0 Å². The van der Waals surface area contributed by atoms with Crippen molar-refractivity contribution in [1.29, 1.82) is 0 Å². The molecule has 1 aliphatic carbocycles. The van der Waals surface area contributed by atoms with Gasteiger partial charge >= 0.3 is 0 Å². The molecule has 24 heavy (non-hydrogen) atoms. The van der Waals surface area contributed by atoms with E-state index in [4.69, 9.17) is 0 Å². The maximum Gasteiger partial charge on any atom is 0.251 e. The lowest BCUT2D eigenvalue weighted by Gasteiger charge is -2.11. The van der Waals surface area contributed by atoms with Gasteiger partial charge in [0.15, 0.2) is 0 Å². The standard InChI is InChI=1S/C20H23N3O/c1-4-5-15(11-19-14(3)12-21-23-19)18-10-16(7-6-13(18)2)20(24)22-17-8-9-17/h4-7,10-12,17H,8-9H2,1-3H3,(H,21,23)(H,22,24)/b5-4-,15-11+. The fourth-order valence-electron chi connectivity index (χ4n) is 2.62. The number of allylic oxidation sites excluding steroid dienone is 3. The van der Waals surface area contributed by atoms with Crippen molar-refractivity contribution in [2.75, 3.05) is 0 Å². The highest BCUT2D eigenvalue weighted by Gasteiger charge is 2.24. The van der Waals surface area contributed by atoms with Crippen molar-refractivity contribution in [3.8, 4) is 0 Å². The monoisotopic (exact) mass is 321 g/mol. The van der Waals surface area contributed by atoms with Crippen LogP contribution in [0.25, 0.3) is 11.6 Å². The first-order valence-corrected chi connectivity index (χ1v) is 8.34. The van der Waals surface area contributed by atoms with Crippen LogP contribution in [-0.4, -0.2) is 22.1 Å². The molecule has 2 N–H and O–H groups in total. The summed E-state index contributed by atoms with van der Waals surface area (Å²) in [6, 6.07) is 6.24. The predicted octanol–water partition coefficient (Wildman–Crippen LogP) is 4.04. The van der Waals surface area contributed by atoms with Crippen molar-refractivity contribution < 1.29 is 4.79 Å². The SMILES string of the molecule is C/C=C\C(=C/c1[nH]ncc1C)c1cc(C(=O)NC2CC2)ccc1C. The van der Waals surface area contributed by atoms with Crippen molar-refractivity contribution >= 4 is 17.6 Å². The molecule has 4 heteroatoms. The molecule has 0 radical (unpaired) electrons. The van der Waals surface area contributed by atoms with Crippen LogP contribution in [-0.2, 0) is 0 Å². The number of aromatic amines is 1. The molecule has 1 aromatic carbocycles. The van der Waals surface area contributed by atoms with E-state index in [1.165, 1.54) is 0 Å². The first-order valence-electron chi connectivity index (χ1n) is 8.34. The highest BCUT2D eigenvalue weighted by Crippen LogP contribution is 2.25. The number of benzene rings is 1. The minimum Gasteiger partial charge on any atom is -0.349 e. The molecular formula is C20H23N3O. The molecule has 1 fully saturated rings. The molecule has 0 unspecified atom stereocenters. The summed E-state index contributed by atoms with van der Waals surface area (Å²) < 4.78 is 0. The van der Waals surface area contributed by atoms with Crippen LogP contribution in [0, 0.1) is 13.8 Å². The Balaban J connectivity index is 1.99. The van der Waals surface area contributed by atoms with Crippen molar-refractivity contribution in [1.82, 2.24) is 15.5 Å². The summed E-state index contributed by atoms with van der Waals surface area (Å²) in [5.74, 6) is 0.0105. The van der Waals surface area contributed by atoms with Crippen LogP contribution in [0.2, 0.25) is 0 Å². The Hall–Kier alpha value is -2.62. The summed E-state index contributed by atoms with van der Waals surface area (Å²) in [5, 5.41) is 10.1. The highest BCUT2D eigenvalue weighted by atomic mass is 16.1. The van der Waals surface area contributed by atoms with E-state index in [-0.39, 0.29) is 5.91 Å². The smallest absolute Gasteiger partial charge is 0.251 e. The highest BCUT2D eigenvalue weighted by molar-refractivity contribution is 5.97. The lowest BCUT2D eigenvalue weighted by atomic mass is 9.96. The van der Waals surface area contributed by atoms with Crippen LogP contribution in [0.3, 0.4) is 0 Å². The third kappa shape index (κ3) is 3.65. The second kappa shape index (κ2) is 6.87. The Kier molecular flexibility index (Phi) is 4.65. The number of nitrogens with zero attached hydrogens (tertiary/aromatic N) is 1. The third-order valence-corrected chi connectivity index (χ3v) is 4.24. The summed E-state index contributed by atoms with van der Waals surface area (Å²) in [5.41, 5.74) is 6.04. The molecule has 0 spiro atoms. The lowest BCUT2D eigenvalue weighted by Crippen LogP contribution is -2.25. The van der Waals surface area contributed by atoms with Crippen molar-refractivity contribution in [3.05, 3.63) is 64.5 Å². The van der Waals surface area contributed by atoms with Gasteiger partial charge in [0.25, 0.3) is 5.91 Å². The molecule has 3 rings (SSSR count). The quantitative estimate of drug-likeness (QED) is 0.817. The second-order valence-corrected chi connectivity index (χ2v) is 6.34. The third-order valence-electron chi connectivity index (χ3n) is 4.24. The largest absolute Gasteiger partial charge is 0.349 e. The fourth-order valence-corrected chi connectivity index (χ4v) is 2.62. The Labute approximate surface area is 142 Å². The van der Waals surface area contributed by atoms with E-state index in [0.717, 1.165) is 40.8 Å². The van der Waals surface area contributed by atoms with E-state index in [1.807, 2.05) is 44.3 Å². The number of carbonyl (C=O) groups excluding carboxylic acids is 1. The van der Waals surface area contributed by atoms with Gasteiger partial charge < -0.3 is 5.32 Å². The van der Waals surface area contributed by atoms with Gasteiger partial charge in [0, 0.05) is 11.6 Å². The molecule has 0 aliphatic heterocycles. The number of rotatable bonds is 5. The van der Waals surface area contributed by atoms with E-state index >= 15 is 0 Å². The summed E-state index contributed by atoms with van der Waals surface area (Å²) in [7, 11) is 0. The number of carbonyl (C=O) groups is 1. The van der Waals surface area contributed by atoms with Crippen LogP contribution < -0.4 is 5.32 Å². The van der Waals surface area contributed by atoms with Gasteiger partial charge in [-0.1, -0.05) is 18.2 Å². The molecule has 2 aromatic rings. The molecule has 0 bridgehead atoms. The first kappa shape index (κ1) is 16.2. The summed E-state index contributed by atoms with van der Waals surface area (Å²) in [6.45, 7) is 6.08. The normalized spacial score (nSPS) is 15.0. The molecule has 4 nitrogen and oxygen atoms in total. The van der Waals surface area contributed by atoms with Crippen LogP contribution in [0.1, 0.15) is 52.5 Å². The Morgan fingerprint density at radius 3 is 2.71 bits per heavy atom. The van der Waals surface area contributed by atoms with E-state index in [0.29, 0.717) is 11.6 Å². The van der Waals surface area contributed by atoms with E-state index in [9.17, 15) is 4.79 Å². The fraction of sp³-hybridized carbons (Fsp3) is 0.300. The Morgan fingerprint density at radius 1 is 1.29 bits per heavy atom. The lowest BCUT2D eigenvalue weighted by molar-refractivity contribution is 0.0951. The van der Waals surface area contributed by atoms with Crippen molar-refractivity contribution in [2.45, 2.75) is 39.7 Å². The molecule has 124 valence electrons. The van der Waals surface area contributed by atoms with Crippen LogP contribution >= 0.6 is 0 Å². The second-order valence-electron chi connectivity index (χ2n) is 6.34. The zero-order valence-corrected chi connectivity index (χ0v) is 14.4. The molecule has 0 atom stereocenters. The molecule has 0 saturated heterocycles. The topological polar surface area (TPSA) is 57.8 Å². The Morgan fingerprint density at radius 2 is 2.08 bits per heavy atom. The van der Waals surface area contributed by atoms with Gasteiger partial charge in [-0.3, -0.25) is 9.89 Å². The zero-order valence-electron chi connectivity index (χ0n) is 14.4. The first-order chi connectivity index (χ1) is 11.6. The average Bonchev–Trinajstić information content (AvgIpc) is 3.28. The number of hydrogen-bond donors (Lipinski definition) is 2.